The fourth-order valence-electron chi connectivity index (χ4n) is 2.98. The molecule has 0 aromatic heterocycles. The lowest BCUT2D eigenvalue weighted by atomic mass is 10.1. The smallest absolute Gasteiger partial charge is 0.269 e. The number of aryl methyl sites for hydroxylation is 1. The Morgan fingerprint density at radius 1 is 1.14 bits per heavy atom. The van der Waals surface area contributed by atoms with Crippen molar-refractivity contribution in [1.82, 2.24) is 10.6 Å². The van der Waals surface area contributed by atoms with Gasteiger partial charge in [-0.25, -0.2) is 4.99 Å². The van der Waals surface area contributed by atoms with Gasteiger partial charge in [-0.3, -0.25) is 10.1 Å². The number of hydrogen-bond acceptors (Lipinski definition) is 4. The van der Waals surface area contributed by atoms with E-state index in [9.17, 15) is 10.1 Å². The molecule has 2 aromatic carbocycles. The Morgan fingerprint density at radius 2 is 1.86 bits per heavy atom. The summed E-state index contributed by atoms with van der Waals surface area (Å²) in [5.41, 5.74) is 3.40. The topological polar surface area (TPSA) is 88.8 Å². The molecule has 1 aliphatic heterocycles. The molecule has 0 amide bonds. The molecule has 0 spiro atoms. The van der Waals surface area contributed by atoms with Crippen molar-refractivity contribution in [3.8, 4) is 0 Å². The highest BCUT2D eigenvalue weighted by molar-refractivity contribution is 5.79. The third kappa shape index (κ3) is 6.06. The molecule has 1 fully saturated rings. The molecule has 1 atom stereocenters. The van der Waals surface area contributed by atoms with Crippen LogP contribution in [0.25, 0.3) is 0 Å². The quantitative estimate of drug-likeness (QED) is 0.332. The van der Waals surface area contributed by atoms with Gasteiger partial charge >= 0.3 is 0 Å². The van der Waals surface area contributed by atoms with E-state index >= 15 is 0 Å². The molecule has 28 heavy (non-hydrogen) atoms. The minimum Gasteiger partial charge on any atom is -0.376 e. The maximum absolute atomic E-state index is 10.8. The summed E-state index contributed by atoms with van der Waals surface area (Å²) in [6.45, 7) is 4.69. The molecular weight excluding hydrogens is 356 g/mol. The molecule has 1 unspecified atom stereocenters. The molecule has 0 radical (unpaired) electrons. The Labute approximate surface area is 165 Å². The van der Waals surface area contributed by atoms with Crippen molar-refractivity contribution in [2.45, 2.75) is 39.0 Å². The number of rotatable bonds is 7. The molecular formula is C21H26N4O3. The molecule has 1 aliphatic rings. The van der Waals surface area contributed by atoms with Crippen molar-refractivity contribution in [2.24, 2.45) is 4.99 Å². The van der Waals surface area contributed by atoms with Gasteiger partial charge in [0.25, 0.3) is 5.69 Å². The van der Waals surface area contributed by atoms with Crippen LogP contribution < -0.4 is 10.6 Å². The maximum atomic E-state index is 10.8. The Balaban J connectivity index is 1.61. The second-order valence-corrected chi connectivity index (χ2v) is 6.94. The van der Waals surface area contributed by atoms with Crippen molar-refractivity contribution in [1.29, 1.82) is 0 Å². The van der Waals surface area contributed by atoms with E-state index in [1.165, 1.54) is 17.7 Å². The van der Waals surface area contributed by atoms with E-state index in [2.05, 4.69) is 46.8 Å². The lowest BCUT2D eigenvalue weighted by Crippen LogP contribution is -2.40. The molecule has 2 aromatic rings. The van der Waals surface area contributed by atoms with E-state index in [4.69, 9.17) is 4.74 Å². The molecule has 148 valence electrons. The van der Waals surface area contributed by atoms with E-state index in [0.29, 0.717) is 25.6 Å². The highest BCUT2D eigenvalue weighted by atomic mass is 16.6. The molecule has 3 rings (SSSR count). The van der Waals surface area contributed by atoms with Gasteiger partial charge in [0, 0.05) is 31.8 Å². The second-order valence-electron chi connectivity index (χ2n) is 6.94. The van der Waals surface area contributed by atoms with Crippen molar-refractivity contribution < 1.29 is 9.66 Å². The minimum atomic E-state index is -0.394. The monoisotopic (exact) mass is 382 g/mol. The third-order valence-electron chi connectivity index (χ3n) is 4.67. The highest BCUT2D eigenvalue weighted by Gasteiger charge is 2.15. The van der Waals surface area contributed by atoms with Gasteiger partial charge in [-0.2, -0.15) is 0 Å². The zero-order valence-corrected chi connectivity index (χ0v) is 16.1. The van der Waals surface area contributed by atoms with Crippen LogP contribution in [-0.2, 0) is 17.8 Å². The van der Waals surface area contributed by atoms with Crippen LogP contribution in [0.2, 0.25) is 0 Å². The summed E-state index contributed by atoms with van der Waals surface area (Å²) in [5.74, 6) is 0.703. The molecule has 0 bridgehead atoms. The molecule has 2 N–H and O–H groups in total. The lowest BCUT2D eigenvalue weighted by Gasteiger charge is -2.16. The van der Waals surface area contributed by atoms with Crippen molar-refractivity contribution in [3.05, 3.63) is 75.3 Å². The molecule has 0 saturated carbocycles. The van der Waals surface area contributed by atoms with Crippen molar-refractivity contribution >= 4 is 11.6 Å². The van der Waals surface area contributed by atoms with E-state index in [-0.39, 0.29) is 11.8 Å². The van der Waals surface area contributed by atoms with E-state index in [1.54, 1.807) is 12.1 Å². The Kier molecular flexibility index (Phi) is 6.97. The first-order chi connectivity index (χ1) is 13.6. The minimum absolute atomic E-state index is 0.0912. The Morgan fingerprint density at radius 3 is 2.50 bits per heavy atom. The van der Waals surface area contributed by atoms with Crippen LogP contribution in [0.1, 0.15) is 29.5 Å². The summed E-state index contributed by atoms with van der Waals surface area (Å²) in [7, 11) is 0. The fourth-order valence-corrected chi connectivity index (χ4v) is 2.98. The highest BCUT2D eigenvalue weighted by Crippen LogP contribution is 2.12. The molecule has 0 aliphatic carbocycles. The van der Waals surface area contributed by atoms with E-state index < -0.39 is 4.92 Å². The van der Waals surface area contributed by atoms with Crippen molar-refractivity contribution in [2.75, 3.05) is 13.2 Å². The van der Waals surface area contributed by atoms with Crippen LogP contribution in [0.3, 0.4) is 0 Å². The van der Waals surface area contributed by atoms with Gasteiger partial charge in [0.15, 0.2) is 5.96 Å². The predicted molar refractivity (Wildman–Crippen MR) is 109 cm³/mol. The predicted octanol–water partition coefficient (Wildman–Crippen LogP) is 3.32. The van der Waals surface area contributed by atoms with Gasteiger partial charge in [0.05, 0.1) is 17.6 Å². The van der Waals surface area contributed by atoms with Crippen LogP contribution >= 0.6 is 0 Å². The van der Waals surface area contributed by atoms with Gasteiger partial charge in [0.2, 0.25) is 0 Å². The molecule has 1 heterocycles. The number of non-ortho nitro benzene ring substituents is 1. The number of nitro groups is 1. The number of nitro benzene ring substituents is 1. The number of nitrogens with zero attached hydrogens (tertiary/aromatic N) is 2. The number of guanidine groups is 1. The number of nitrogens with one attached hydrogen (secondary N) is 2. The normalized spacial score (nSPS) is 16.8. The number of aliphatic imine (C=N–C) groups is 1. The third-order valence-corrected chi connectivity index (χ3v) is 4.67. The first kappa shape index (κ1) is 19.8. The van der Waals surface area contributed by atoms with E-state index in [1.807, 2.05) is 0 Å². The average Bonchev–Trinajstić information content (AvgIpc) is 3.22. The summed E-state index contributed by atoms with van der Waals surface area (Å²) < 4.78 is 5.67. The number of benzene rings is 2. The van der Waals surface area contributed by atoms with Gasteiger partial charge in [-0.1, -0.05) is 42.0 Å². The standard InChI is InChI=1S/C21H26N4O3/c1-16-4-6-17(7-5-16)13-22-21(24-15-20-3-2-12-28-20)23-14-18-8-10-19(11-9-18)25(26)27/h4-11,20H,2-3,12-15H2,1H3,(H2,22,23,24). The summed E-state index contributed by atoms with van der Waals surface area (Å²) in [6, 6.07) is 14.8. The summed E-state index contributed by atoms with van der Waals surface area (Å²) in [5, 5.41) is 17.4. The van der Waals surface area contributed by atoms with Gasteiger partial charge < -0.3 is 15.4 Å². The maximum Gasteiger partial charge on any atom is 0.269 e. The van der Waals surface area contributed by atoms with Gasteiger partial charge in [0.1, 0.15) is 0 Å². The number of hydrogen-bond donors (Lipinski definition) is 2. The molecule has 7 nitrogen and oxygen atoms in total. The van der Waals surface area contributed by atoms with E-state index in [0.717, 1.165) is 30.6 Å². The Bertz CT molecular complexity index is 797. The lowest BCUT2D eigenvalue weighted by molar-refractivity contribution is -0.384. The fraction of sp³-hybridized carbons (Fsp3) is 0.381. The number of ether oxygens (including phenoxy) is 1. The molecule has 1 saturated heterocycles. The zero-order chi connectivity index (χ0) is 19.8. The van der Waals surface area contributed by atoms with Crippen LogP contribution in [0.5, 0.6) is 0 Å². The van der Waals surface area contributed by atoms with Crippen molar-refractivity contribution in [3.63, 3.8) is 0 Å². The first-order valence-corrected chi connectivity index (χ1v) is 9.53. The van der Waals surface area contributed by atoms with Crippen LogP contribution in [-0.4, -0.2) is 30.1 Å². The SMILES string of the molecule is Cc1ccc(CN=C(NCc2ccc([N+](=O)[O-])cc2)NCC2CCCO2)cc1. The first-order valence-electron chi connectivity index (χ1n) is 9.53. The summed E-state index contributed by atoms with van der Waals surface area (Å²) >= 11 is 0. The summed E-state index contributed by atoms with van der Waals surface area (Å²) in [4.78, 5) is 15.1. The average molecular weight is 382 g/mol. The Hall–Kier alpha value is -2.93. The van der Waals surface area contributed by atoms with Crippen LogP contribution in [0, 0.1) is 17.0 Å². The summed E-state index contributed by atoms with van der Waals surface area (Å²) in [6.07, 6.45) is 2.37. The largest absolute Gasteiger partial charge is 0.376 e. The zero-order valence-electron chi connectivity index (χ0n) is 16.1. The van der Waals surface area contributed by atoms with Gasteiger partial charge in [-0.05, 0) is 30.9 Å². The van der Waals surface area contributed by atoms with Crippen LogP contribution in [0.15, 0.2) is 53.5 Å². The second kappa shape index (κ2) is 9.85. The van der Waals surface area contributed by atoms with Crippen LogP contribution in [0.4, 0.5) is 5.69 Å². The molecule has 7 heteroatoms. The van der Waals surface area contributed by atoms with Gasteiger partial charge in [-0.15, -0.1) is 0 Å².